The van der Waals surface area contributed by atoms with E-state index in [1.54, 1.807) is 18.3 Å². The fourth-order valence-corrected chi connectivity index (χ4v) is 3.48. The number of benzene rings is 1. The van der Waals surface area contributed by atoms with Crippen molar-refractivity contribution in [3.63, 3.8) is 0 Å². The van der Waals surface area contributed by atoms with Crippen LogP contribution in [0.2, 0.25) is 0 Å². The molecule has 2 heterocycles. The van der Waals surface area contributed by atoms with Crippen molar-refractivity contribution in [2.45, 2.75) is 37.8 Å². The second-order valence-electron chi connectivity index (χ2n) is 6.20. The van der Waals surface area contributed by atoms with Crippen LogP contribution in [0.5, 0.6) is 0 Å². The van der Waals surface area contributed by atoms with Crippen LogP contribution in [0.3, 0.4) is 0 Å². The number of nitrogens with one attached hydrogen (secondary N) is 1. The first-order valence-electron chi connectivity index (χ1n) is 7.79. The van der Waals surface area contributed by atoms with Crippen LogP contribution in [0.15, 0.2) is 35.4 Å². The molecule has 0 aliphatic carbocycles. The number of aromatic nitrogens is 2. The van der Waals surface area contributed by atoms with E-state index in [0.717, 1.165) is 25.1 Å². The summed E-state index contributed by atoms with van der Waals surface area (Å²) in [5.41, 5.74) is 2.22. The number of hydrogen-bond donors (Lipinski definition) is 2. The maximum Gasteiger partial charge on any atom is 0.255 e. The van der Waals surface area contributed by atoms with E-state index in [9.17, 15) is 13.2 Å². The van der Waals surface area contributed by atoms with Crippen molar-refractivity contribution in [1.29, 1.82) is 0 Å². The number of aryl methyl sites for hydroxylation is 1. The molecule has 1 amide bonds. The molecule has 1 aromatic heterocycles. The maximum absolute atomic E-state index is 12.4. The molecule has 0 saturated heterocycles. The zero-order valence-electron chi connectivity index (χ0n) is 13.4. The van der Waals surface area contributed by atoms with Gasteiger partial charge in [-0.05, 0) is 36.5 Å². The summed E-state index contributed by atoms with van der Waals surface area (Å²) in [7, 11) is -3.75. The molecule has 1 aliphatic rings. The van der Waals surface area contributed by atoms with E-state index in [1.165, 1.54) is 12.1 Å². The van der Waals surface area contributed by atoms with Crippen LogP contribution in [0.4, 0.5) is 0 Å². The van der Waals surface area contributed by atoms with Gasteiger partial charge in [0.05, 0.1) is 22.3 Å². The summed E-state index contributed by atoms with van der Waals surface area (Å²) >= 11 is 0. The molecule has 3 rings (SSSR count). The molecule has 1 unspecified atom stereocenters. The van der Waals surface area contributed by atoms with Crippen molar-refractivity contribution >= 4 is 15.9 Å². The summed E-state index contributed by atoms with van der Waals surface area (Å²) in [5, 5.41) is 12.2. The third-order valence-electron chi connectivity index (χ3n) is 4.25. The number of carbonyl (C=O) groups excluding carboxylic acids is 1. The maximum atomic E-state index is 12.4. The van der Waals surface area contributed by atoms with Gasteiger partial charge in [-0.3, -0.25) is 9.48 Å². The third-order valence-corrected chi connectivity index (χ3v) is 5.16. The van der Waals surface area contributed by atoms with E-state index in [-0.39, 0.29) is 17.3 Å². The Morgan fingerprint density at radius 3 is 3.00 bits per heavy atom. The first kappa shape index (κ1) is 16.7. The standard InChI is InChI=1S/C16H20N4O3S/c1-11-5-6-20-15(7-11)14(10-19-20)16(21)18-9-12-3-2-4-13(8-12)24(17,22)23/h2-4,8,10-11H,5-7,9H2,1H3,(H,18,21)(H2,17,22,23). The number of sulfonamides is 1. The summed E-state index contributed by atoms with van der Waals surface area (Å²) in [5.74, 6) is 0.332. The van der Waals surface area contributed by atoms with Crippen molar-refractivity contribution in [3.8, 4) is 0 Å². The largest absolute Gasteiger partial charge is 0.348 e. The average Bonchev–Trinajstić information content (AvgIpc) is 2.95. The highest BCUT2D eigenvalue weighted by Gasteiger charge is 2.23. The molecular weight excluding hydrogens is 328 g/mol. The molecule has 7 nitrogen and oxygen atoms in total. The Bertz CT molecular complexity index is 873. The minimum absolute atomic E-state index is 0.0333. The predicted octanol–water partition coefficient (Wildman–Crippen LogP) is 1.04. The van der Waals surface area contributed by atoms with Crippen molar-refractivity contribution in [2.75, 3.05) is 0 Å². The van der Waals surface area contributed by atoms with Gasteiger partial charge >= 0.3 is 0 Å². The fraction of sp³-hybridized carbons (Fsp3) is 0.375. The van der Waals surface area contributed by atoms with Gasteiger partial charge in [0.25, 0.3) is 5.91 Å². The van der Waals surface area contributed by atoms with E-state index >= 15 is 0 Å². The Morgan fingerprint density at radius 2 is 2.25 bits per heavy atom. The highest BCUT2D eigenvalue weighted by atomic mass is 32.2. The molecule has 128 valence electrons. The highest BCUT2D eigenvalue weighted by Crippen LogP contribution is 2.22. The monoisotopic (exact) mass is 348 g/mol. The fourth-order valence-electron chi connectivity index (χ4n) is 2.89. The molecule has 24 heavy (non-hydrogen) atoms. The van der Waals surface area contributed by atoms with Crippen LogP contribution < -0.4 is 10.5 Å². The first-order valence-corrected chi connectivity index (χ1v) is 9.34. The van der Waals surface area contributed by atoms with E-state index in [0.29, 0.717) is 17.0 Å². The normalized spacial score (nSPS) is 17.3. The quantitative estimate of drug-likeness (QED) is 0.861. The molecule has 2 aromatic rings. The van der Waals surface area contributed by atoms with Gasteiger partial charge in [-0.25, -0.2) is 13.6 Å². The summed E-state index contributed by atoms with van der Waals surface area (Å²) in [6, 6.07) is 6.23. The molecule has 0 bridgehead atoms. The molecule has 0 saturated carbocycles. The van der Waals surface area contributed by atoms with Crippen LogP contribution in [-0.2, 0) is 29.5 Å². The lowest BCUT2D eigenvalue weighted by Crippen LogP contribution is -2.26. The van der Waals surface area contributed by atoms with Gasteiger partial charge in [0.2, 0.25) is 10.0 Å². The Balaban J connectivity index is 1.72. The lowest BCUT2D eigenvalue weighted by atomic mass is 9.96. The summed E-state index contributed by atoms with van der Waals surface area (Å²) < 4.78 is 24.6. The van der Waals surface area contributed by atoms with E-state index < -0.39 is 10.0 Å². The Kier molecular flexibility index (Phi) is 4.42. The predicted molar refractivity (Wildman–Crippen MR) is 88.7 cm³/mol. The van der Waals surface area contributed by atoms with Gasteiger partial charge in [0.1, 0.15) is 0 Å². The smallest absolute Gasteiger partial charge is 0.255 e. The number of primary sulfonamides is 1. The summed E-state index contributed by atoms with van der Waals surface area (Å²) in [6.45, 7) is 3.22. The van der Waals surface area contributed by atoms with Gasteiger partial charge < -0.3 is 5.32 Å². The van der Waals surface area contributed by atoms with Crippen molar-refractivity contribution < 1.29 is 13.2 Å². The van der Waals surface area contributed by atoms with Crippen molar-refractivity contribution in [1.82, 2.24) is 15.1 Å². The van der Waals surface area contributed by atoms with Crippen molar-refractivity contribution in [3.05, 3.63) is 47.3 Å². The summed E-state index contributed by atoms with van der Waals surface area (Å²) in [6.07, 6.45) is 3.50. The molecule has 0 fully saturated rings. The number of carbonyl (C=O) groups is 1. The molecule has 1 atom stereocenters. The Hall–Kier alpha value is -2.19. The number of hydrogen-bond acceptors (Lipinski definition) is 4. The zero-order valence-corrected chi connectivity index (χ0v) is 14.2. The number of amides is 1. The topological polar surface area (TPSA) is 107 Å². The van der Waals surface area contributed by atoms with E-state index in [4.69, 9.17) is 5.14 Å². The van der Waals surface area contributed by atoms with E-state index in [2.05, 4.69) is 17.3 Å². The lowest BCUT2D eigenvalue weighted by Gasteiger charge is -2.20. The van der Waals surface area contributed by atoms with Gasteiger partial charge in [0, 0.05) is 13.1 Å². The molecule has 1 aliphatic heterocycles. The zero-order chi connectivity index (χ0) is 17.3. The minimum atomic E-state index is -3.75. The first-order chi connectivity index (χ1) is 11.3. The van der Waals surface area contributed by atoms with E-state index in [1.807, 2.05) is 4.68 Å². The molecule has 0 spiro atoms. The Morgan fingerprint density at radius 1 is 1.46 bits per heavy atom. The Labute approximate surface area is 140 Å². The molecule has 8 heteroatoms. The van der Waals surface area contributed by atoms with Gasteiger partial charge in [-0.1, -0.05) is 19.1 Å². The molecule has 3 N–H and O–H groups in total. The number of nitrogens with zero attached hydrogens (tertiary/aromatic N) is 2. The second-order valence-corrected chi connectivity index (χ2v) is 7.76. The molecule has 0 radical (unpaired) electrons. The van der Waals surface area contributed by atoms with Crippen LogP contribution in [0.25, 0.3) is 0 Å². The van der Waals surface area contributed by atoms with Crippen LogP contribution >= 0.6 is 0 Å². The van der Waals surface area contributed by atoms with Crippen LogP contribution in [0, 0.1) is 5.92 Å². The van der Waals surface area contributed by atoms with Gasteiger partial charge in [0.15, 0.2) is 0 Å². The minimum Gasteiger partial charge on any atom is -0.348 e. The summed E-state index contributed by atoms with van der Waals surface area (Å²) in [4.78, 5) is 12.5. The second kappa shape index (κ2) is 6.37. The van der Waals surface area contributed by atoms with Gasteiger partial charge in [-0.15, -0.1) is 0 Å². The lowest BCUT2D eigenvalue weighted by molar-refractivity contribution is 0.0949. The van der Waals surface area contributed by atoms with Gasteiger partial charge in [-0.2, -0.15) is 5.10 Å². The number of nitrogens with two attached hydrogens (primary N) is 1. The molecule has 1 aromatic carbocycles. The third kappa shape index (κ3) is 3.49. The number of fused-ring (bicyclic) bond motifs is 1. The van der Waals surface area contributed by atoms with Crippen LogP contribution in [-0.4, -0.2) is 24.1 Å². The van der Waals surface area contributed by atoms with Crippen molar-refractivity contribution in [2.24, 2.45) is 11.1 Å². The average molecular weight is 348 g/mol. The number of rotatable bonds is 4. The molecular formula is C16H20N4O3S. The highest BCUT2D eigenvalue weighted by molar-refractivity contribution is 7.89. The van der Waals surface area contributed by atoms with Crippen LogP contribution in [0.1, 0.15) is 35.0 Å². The SMILES string of the molecule is CC1CCn2ncc(C(=O)NCc3cccc(S(N)(=O)=O)c3)c2C1.